The Morgan fingerprint density at radius 2 is 2.12 bits per heavy atom. The SMILES string of the molecule is Nc1nn2cc(Cl)cnc2c1C(=O)Nc1cnccc1-n1ccnc1. The summed E-state index contributed by atoms with van der Waals surface area (Å²) >= 11 is 5.89. The van der Waals surface area contributed by atoms with Gasteiger partial charge in [0.15, 0.2) is 11.5 Å². The van der Waals surface area contributed by atoms with Gasteiger partial charge in [0.25, 0.3) is 5.91 Å². The molecule has 0 aliphatic carbocycles. The van der Waals surface area contributed by atoms with Gasteiger partial charge in [0.2, 0.25) is 0 Å². The third-order valence-electron chi connectivity index (χ3n) is 3.52. The summed E-state index contributed by atoms with van der Waals surface area (Å²) in [5.74, 6) is -0.392. The molecule has 3 N–H and O–H groups in total. The number of nitrogens with zero attached hydrogens (tertiary/aromatic N) is 6. The minimum atomic E-state index is -0.448. The average Bonchev–Trinajstić information content (AvgIpc) is 3.22. The topological polar surface area (TPSA) is 116 Å². The molecule has 25 heavy (non-hydrogen) atoms. The van der Waals surface area contributed by atoms with Gasteiger partial charge < -0.3 is 15.6 Å². The number of carbonyl (C=O) groups is 1. The van der Waals surface area contributed by atoms with Gasteiger partial charge in [0, 0.05) is 24.8 Å². The molecule has 0 aromatic carbocycles. The van der Waals surface area contributed by atoms with Crippen molar-refractivity contribution in [3.63, 3.8) is 0 Å². The normalized spacial score (nSPS) is 10.9. The van der Waals surface area contributed by atoms with Crippen LogP contribution in [0.25, 0.3) is 11.3 Å². The van der Waals surface area contributed by atoms with E-state index in [0.29, 0.717) is 22.0 Å². The van der Waals surface area contributed by atoms with Crippen molar-refractivity contribution in [1.29, 1.82) is 0 Å². The van der Waals surface area contributed by atoms with E-state index in [2.05, 4.69) is 25.4 Å². The Bertz CT molecular complexity index is 1070. The molecule has 4 aromatic heterocycles. The van der Waals surface area contributed by atoms with Crippen molar-refractivity contribution in [2.75, 3.05) is 11.1 Å². The van der Waals surface area contributed by atoms with Gasteiger partial charge >= 0.3 is 0 Å². The Morgan fingerprint density at radius 3 is 2.92 bits per heavy atom. The van der Waals surface area contributed by atoms with Gasteiger partial charge in [-0.3, -0.25) is 9.78 Å². The van der Waals surface area contributed by atoms with E-state index in [0.717, 1.165) is 0 Å². The Kier molecular flexibility index (Phi) is 3.55. The highest BCUT2D eigenvalue weighted by Crippen LogP contribution is 2.22. The second-order valence-electron chi connectivity index (χ2n) is 5.12. The van der Waals surface area contributed by atoms with E-state index >= 15 is 0 Å². The molecule has 0 atom stereocenters. The summed E-state index contributed by atoms with van der Waals surface area (Å²) < 4.78 is 3.13. The number of halogens is 1. The van der Waals surface area contributed by atoms with Crippen molar-refractivity contribution in [2.45, 2.75) is 0 Å². The first kappa shape index (κ1) is 15.1. The van der Waals surface area contributed by atoms with Crippen molar-refractivity contribution < 1.29 is 4.79 Å². The van der Waals surface area contributed by atoms with Crippen LogP contribution in [0.5, 0.6) is 0 Å². The molecule has 124 valence electrons. The van der Waals surface area contributed by atoms with E-state index in [-0.39, 0.29) is 11.4 Å². The minimum absolute atomic E-state index is 0.0559. The van der Waals surface area contributed by atoms with Crippen molar-refractivity contribution in [1.82, 2.24) is 29.1 Å². The smallest absolute Gasteiger partial charge is 0.263 e. The maximum absolute atomic E-state index is 12.7. The molecule has 0 radical (unpaired) electrons. The molecular formula is C15H11ClN8O. The van der Waals surface area contributed by atoms with Crippen LogP contribution in [0.15, 0.2) is 49.6 Å². The van der Waals surface area contributed by atoms with Crippen LogP contribution in [0.3, 0.4) is 0 Å². The van der Waals surface area contributed by atoms with Crippen LogP contribution in [0, 0.1) is 0 Å². The minimum Gasteiger partial charge on any atom is -0.381 e. The molecule has 4 heterocycles. The average molecular weight is 355 g/mol. The predicted octanol–water partition coefficient (Wildman–Crippen LogP) is 1.80. The molecule has 0 bridgehead atoms. The summed E-state index contributed by atoms with van der Waals surface area (Å²) in [6, 6.07) is 1.76. The van der Waals surface area contributed by atoms with Crippen molar-refractivity contribution in [2.24, 2.45) is 0 Å². The quantitative estimate of drug-likeness (QED) is 0.579. The fraction of sp³-hybridized carbons (Fsp3) is 0. The Morgan fingerprint density at radius 1 is 1.24 bits per heavy atom. The van der Waals surface area contributed by atoms with E-state index in [1.807, 2.05) is 0 Å². The second kappa shape index (κ2) is 5.87. The molecular weight excluding hydrogens is 344 g/mol. The molecule has 0 saturated heterocycles. The number of hydrogen-bond donors (Lipinski definition) is 2. The number of hydrogen-bond acceptors (Lipinski definition) is 6. The first-order valence-corrected chi connectivity index (χ1v) is 7.54. The largest absolute Gasteiger partial charge is 0.381 e. The third-order valence-corrected chi connectivity index (χ3v) is 3.72. The highest BCUT2D eigenvalue weighted by molar-refractivity contribution is 6.30. The van der Waals surface area contributed by atoms with Crippen LogP contribution in [0.1, 0.15) is 10.4 Å². The molecule has 10 heteroatoms. The lowest BCUT2D eigenvalue weighted by Gasteiger charge is -2.10. The van der Waals surface area contributed by atoms with Crippen LogP contribution < -0.4 is 11.1 Å². The van der Waals surface area contributed by atoms with E-state index in [1.165, 1.54) is 16.9 Å². The van der Waals surface area contributed by atoms with E-state index in [4.69, 9.17) is 17.3 Å². The highest BCUT2D eigenvalue weighted by atomic mass is 35.5. The van der Waals surface area contributed by atoms with E-state index < -0.39 is 5.91 Å². The number of pyridine rings is 1. The first-order chi connectivity index (χ1) is 12.1. The van der Waals surface area contributed by atoms with Crippen LogP contribution in [0.2, 0.25) is 5.02 Å². The highest BCUT2D eigenvalue weighted by Gasteiger charge is 2.20. The number of nitrogens with one attached hydrogen (secondary N) is 1. The second-order valence-corrected chi connectivity index (χ2v) is 5.55. The van der Waals surface area contributed by atoms with Gasteiger partial charge in [0.05, 0.1) is 35.1 Å². The molecule has 0 unspecified atom stereocenters. The maximum atomic E-state index is 12.7. The zero-order chi connectivity index (χ0) is 17.4. The van der Waals surface area contributed by atoms with E-state index in [9.17, 15) is 4.79 Å². The molecule has 4 rings (SSSR count). The molecule has 0 fully saturated rings. The standard InChI is InChI=1S/C15H11ClN8O/c16-9-5-20-14-12(13(17)22-24(14)7-9)15(25)21-10-6-18-2-1-11(10)23-4-3-19-8-23/h1-8H,(H2,17,22)(H,21,25). The summed E-state index contributed by atoms with van der Waals surface area (Å²) in [6.07, 6.45) is 11.1. The number of nitrogens with two attached hydrogens (primary N) is 1. The Balaban J connectivity index is 1.74. The maximum Gasteiger partial charge on any atom is 0.263 e. The molecule has 0 aliphatic heterocycles. The molecule has 1 amide bonds. The molecule has 9 nitrogen and oxygen atoms in total. The number of carbonyl (C=O) groups excluding carboxylic acids is 1. The lowest BCUT2D eigenvalue weighted by atomic mass is 10.2. The fourth-order valence-corrected chi connectivity index (χ4v) is 2.58. The van der Waals surface area contributed by atoms with Crippen molar-refractivity contribution >= 4 is 34.7 Å². The molecule has 0 aliphatic rings. The summed E-state index contributed by atoms with van der Waals surface area (Å²) in [6.45, 7) is 0. The number of imidazole rings is 1. The number of aromatic nitrogens is 6. The van der Waals surface area contributed by atoms with Crippen LogP contribution >= 0.6 is 11.6 Å². The molecule has 0 saturated carbocycles. The summed E-state index contributed by atoms with van der Waals surface area (Å²) in [4.78, 5) is 24.9. The first-order valence-electron chi connectivity index (χ1n) is 7.16. The van der Waals surface area contributed by atoms with Crippen LogP contribution in [0.4, 0.5) is 11.5 Å². The summed E-state index contributed by atoms with van der Waals surface area (Å²) in [5, 5.41) is 7.24. The summed E-state index contributed by atoms with van der Waals surface area (Å²) in [5.41, 5.74) is 7.57. The van der Waals surface area contributed by atoms with E-state index in [1.54, 1.807) is 41.7 Å². The number of nitrogen functional groups attached to an aromatic ring is 1. The molecule has 4 aromatic rings. The number of amides is 1. The molecule has 0 spiro atoms. The lowest BCUT2D eigenvalue weighted by Crippen LogP contribution is -2.15. The van der Waals surface area contributed by atoms with Crippen molar-refractivity contribution in [3.8, 4) is 5.69 Å². The van der Waals surface area contributed by atoms with Gasteiger partial charge in [-0.1, -0.05) is 11.6 Å². The van der Waals surface area contributed by atoms with Gasteiger partial charge in [-0.25, -0.2) is 14.5 Å². The Labute approximate surface area is 146 Å². The van der Waals surface area contributed by atoms with Gasteiger partial charge in [-0.2, -0.15) is 0 Å². The zero-order valence-corrected chi connectivity index (χ0v) is 13.4. The Hall–Kier alpha value is -3.46. The lowest BCUT2D eigenvalue weighted by molar-refractivity contribution is 0.102. The number of rotatable bonds is 3. The van der Waals surface area contributed by atoms with Crippen molar-refractivity contribution in [3.05, 3.63) is 60.2 Å². The van der Waals surface area contributed by atoms with Gasteiger partial charge in [-0.15, -0.1) is 5.10 Å². The fourth-order valence-electron chi connectivity index (χ4n) is 2.44. The van der Waals surface area contributed by atoms with Gasteiger partial charge in [0.1, 0.15) is 5.56 Å². The zero-order valence-electron chi connectivity index (χ0n) is 12.7. The summed E-state index contributed by atoms with van der Waals surface area (Å²) in [7, 11) is 0. The monoisotopic (exact) mass is 354 g/mol. The number of anilines is 2. The van der Waals surface area contributed by atoms with Gasteiger partial charge in [-0.05, 0) is 6.07 Å². The predicted molar refractivity (Wildman–Crippen MR) is 91.7 cm³/mol. The third kappa shape index (κ3) is 2.66. The van der Waals surface area contributed by atoms with Crippen LogP contribution in [-0.4, -0.2) is 35.0 Å². The number of fused-ring (bicyclic) bond motifs is 1. The van der Waals surface area contributed by atoms with Crippen LogP contribution in [-0.2, 0) is 0 Å².